The summed E-state index contributed by atoms with van der Waals surface area (Å²) >= 11 is 0. The van der Waals surface area contributed by atoms with Gasteiger partial charge in [-0.15, -0.1) is 0 Å². The lowest BCUT2D eigenvalue weighted by atomic mass is 10.2. The smallest absolute Gasteiger partial charge is 0.239 e. The van der Waals surface area contributed by atoms with Gasteiger partial charge in [-0.2, -0.15) is 0 Å². The van der Waals surface area contributed by atoms with Crippen LogP contribution in [0.1, 0.15) is 12.2 Å². The predicted octanol–water partition coefficient (Wildman–Crippen LogP) is 1.67. The Morgan fingerprint density at radius 1 is 1.21 bits per heavy atom. The van der Waals surface area contributed by atoms with Crippen LogP contribution in [0.3, 0.4) is 0 Å². The topological polar surface area (TPSA) is 87.9 Å². The highest BCUT2D eigenvalue weighted by Crippen LogP contribution is 2.12. The Hall–Kier alpha value is -2.94. The molecular weight excluding hydrogens is 367 g/mol. The van der Waals surface area contributed by atoms with Crippen molar-refractivity contribution in [2.75, 3.05) is 44.6 Å². The van der Waals surface area contributed by atoms with Crippen molar-refractivity contribution in [3.05, 3.63) is 41.9 Å². The van der Waals surface area contributed by atoms with Crippen molar-refractivity contribution in [3.63, 3.8) is 0 Å². The van der Waals surface area contributed by atoms with E-state index in [0.717, 1.165) is 0 Å². The standard InChI is InChI=1S/C19H23FN4O4/c1-14-12-17(22-28-14)21-18(25)13-23-7-9-24(10-8-23)19(26)6-11-27-16-4-2-15(20)3-5-16/h2-5,12H,6-11,13H2,1H3,(H,21,22,25). The van der Waals surface area contributed by atoms with E-state index in [4.69, 9.17) is 9.26 Å². The maximum atomic E-state index is 12.8. The van der Waals surface area contributed by atoms with Crippen LogP contribution in [-0.4, -0.2) is 66.1 Å². The number of benzene rings is 1. The molecule has 0 radical (unpaired) electrons. The average Bonchev–Trinajstić information content (AvgIpc) is 3.08. The highest BCUT2D eigenvalue weighted by Gasteiger charge is 2.22. The van der Waals surface area contributed by atoms with Gasteiger partial charge in [0.2, 0.25) is 11.8 Å². The van der Waals surface area contributed by atoms with E-state index in [2.05, 4.69) is 10.5 Å². The lowest BCUT2D eigenvalue weighted by Gasteiger charge is -2.34. The Balaban J connectivity index is 1.34. The molecule has 1 aliphatic rings. The molecule has 9 heteroatoms. The minimum Gasteiger partial charge on any atom is -0.493 e. The summed E-state index contributed by atoms with van der Waals surface area (Å²) < 4.78 is 23.2. The largest absolute Gasteiger partial charge is 0.493 e. The fraction of sp³-hybridized carbons (Fsp3) is 0.421. The molecule has 0 atom stereocenters. The molecule has 1 aromatic carbocycles. The van der Waals surface area contributed by atoms with E-state index >= 15 is 0 Å². The number of nitrogens with one attached hydrogen (secondary N) is 1. The number of hydrogen-bond donors (Lipinski definition) is 1. The van der Waals surface area contributed by atoms with Crippen LogP contribution in [-0.2, 0) is 9.59 Å². The zero-order chi connectivity index (χ0) is 19.9. The van der Waals surface area contributed by atoms with Crippen LogP contribution in [0.5, 0.6) is 5.75 Å². The number of aromatic nitrogens is 1. The Bertz CT molecular complexity index is 801. The Kier molecular flexibility index (Phi) is 6.59. The lowest BCUT2D eigenvalue weighted by molar-refractivity contribution is -0.133. The van der Waals surface area contributed by atoms with E-state index < -0.39 is 0 Å². The second kappa shape index (κ2) is 9.32. The molecule has 2 amide bonds. The number of piperazine rings is 1. The highest BCUT2D eigenvalue weighted by atomic mass is 19.1. The van der Waals surface area contributed by atoms with Crippen LogP contribution >= 0.6 is 0 Å². The number of anilines is 1. The third kappa shape index (κ3) is 5.78. The number of nitrogens with zero attached hydrogens (tertiary/aromatic N) is 3. The molecule has 0 bridgehead atoms. The second-order valence-electron chi connectivity index (χ2n) is 6.58. The quantitative estimate of drug-likeness (QED) is 0.774. The zero-order valence-electron chi connectivity index (χ0n) is 15.7. The monoisotopic (exact) mass is 390 g/mol. The second-order valence-corrected chi connectivity index (χ2v) is 6.58. The maximum absolute atomic E-state index is 12.8. The summed E-state index contributed by atoms with van der Waals surface area (Å²) in [5.41, 5.74) is 0. The van der Waals surface area contributed by atoms with E-state index in [0.29, 0.717) is 43.5 Å². The number of rotatable bonds is 7. The molecule has 1 saturated heterocycles. The van der Waals surface area contributed by atoms with Gasteiger partial charge in [0.25, 0.3) is 0 Å². The SMILES string of the molecule is Cc1cc(NC(=O)CN2CCN(C(=O)CCOc3ccc(F)cc3)CC2)no1. The van der Waals surface area contributed by atoms with Crippen molar-refractivity contribution in [3.8, 4) is 5.75 Å². The molecular formula is C19H23FN4O4. The van der Waals surface area contributed by atoms with Crippen LogP contribution in [0.4, 0.5) is 10.2 Å². The summed E-state index contributed by atoms with van der Waals surface area (Å²) in [7, 11) is 0. The highest BCUT2D eigenvalue weighted by molar-refractivity contribution is 5.91. The lowest BCUT2D eigenvalue weighted by Crippen LogP contribution is -2.50. The molecule has 1 aromatic heterocycles. The first-order chi connectivity index (χ1) is 13.5. The molecule has 0 aliphatic carbocycles. The van der Waals surface area contributed by atoms with E-state index in [1.54, 1.807) is 17.9 Å². The Morgan fingerprint density at radius 2 is 1.93 bits per heavy atom. The molecule has 28 heavy (non-hydrogen) atoms. The van der Waals surface area contributed by atoms with Crippen molar-refractivity contribution in [1.29, 1.82) is 0 Å². The molecule has 3 rings (SSSR count). The van der Waals surface area contributed by atoms with Crippen molar-refractivity contribution in [1.82, 2.24) is 15.0 Å². The normalized spacial score (nSPS) is 14.7. The van der Waals surface area contributed by atoms with Gasteiger partial charge >= 0.3 is 0 Å². The molecule has 0 spiro atoms. The van der Waals surface area contributed by atoms with Gasteiger partial charge in [-0.05, 0) is 31.2 Å². The molecule has 8 nitrogen and oxygen atoms in total. The van der Waals surface area contributed by atoms with Crippen molar-refractivity contribution in [2.24, 2.45) is 0 Å². The van der Waals surface area contributed by atoms with Crippen molar-refractivity contribution in [2.45, 2.75) is 13.3 Å². The number of halogens is 1. The third-order valence-electron chi connectivity index (χ3n) is 4.39. The minimum absolute atomic E-state index is 0.00397. The van der Waals surface area contributed by atoms with E-state index in [1.165, 1.54) is 24.3 Å². The van der Waals surface area contributed by atoms with Gasteiger partial charge in [0.15, 0.2) is 5.82 Å². The number of hydrogen-bond acceptors (Lipinski definition) is 6. The Morgan fingerprint density at radius 3 is 2.57 bits per heavy atom. The summed E-state index contributed by atoms with van der Waals surface area (Å²) in [5, 5.41) is 6.41. The molecule has 2 heterocycles. The summed E-state index contributed by atoms with van der Waals surface area (Å²) in [6.07, 6.45) is 0.253. The summed E-state index contributed by atoms with van der Waals surface area (Å²) in [5.74, 6) is 1.08. The molecule has 150 valence electrons. The number of aryl methyl sites for hydroxylation is 1. The molecule has 1 fully saturated rings. The van der Waals surface area contributed by atoms with Gasteiger partial charge < -0.3 is 19.5 Å². The Labute approximate surface area is 162 Å². The van der Waals surface area contributed by atoms with Crippen LogP contribution < -0.4 is 10.1 Å². The number of carbonyl (C=O) groups excluding carboxylic acids is 2. The molecule has 0 saturated carbocycles. The number of carbonyl (C=O) groups is 2. The first kappa shape index (κ1) is 19.8. The van der Waals surface area contributed by atoms with Crippen LogP contribution in [0.25, 0.3) is 0 Å². The van der Waals surface area contributed by atoms with Crippen LogP contribution in [0.15, 0.2) is 34.9 Å². The molecule has 1 aliphatic heterocycles. The summed E-state index contributed by atoms with van der Waals surface area (Å²) in [6, 6.07) is 7.35. The van der Waals surface area contributed by atoms with Crippen LogP contribution in [0.2, 0.25) is 0 Å². The average molecular weight is 390 g/mol. The molecule has 2 aromatic rings. The van der Waals surface area contributed by atoms with E-state index in [9.17, 15) is 14.0 Å². The van der Waals surface area contributed by atoms with Crippen molar-refractivity contribution < 1.29 is 23.2 Å². The number of amides is 2. The first-order valence-corrected chi connectivity index (χ1v) is 9.11. The third-order valence-corrected chi connectivity index (χ3v) is 4.39. The predicted molar refractivity (Wildman–Crippen MR) is 99.4 cm³/mol. The zero-order valence-corrected chi connectivity index (χ0v) is 15.7. The van der Waals surface area contributed by atoms with Gasteiger partial charge in [0.05, 0.1) is 19.6 Å². The van der Waals surface area contributed by atoms with Gasteiger partial charge in [-0.3, -0.25) is 14.5 Å². The van der Waals surface area contributed by atoms with Crippen LogP contribution in [0, 0.1) is 12.7 Å². The maximum Gasteiger partial charge on any atom is 0.239 e. The fourth-order valence-corrected chi connectivity index (χ4v) is 2.91. The molecule has 0 unspecified atom stereocenters. The first-order valence-electron chi connectivity index (χ1n) is 9.11. The van der Waals surface area contributed by atoms with Gasteiger partial charge in [-0.25, -0.2) is 4.39 Å². The summed E-state index contributed by atoms with van der Waals surface area (Å²) in [4.78, 5) is 28.1. The minimum atomic E-state index is -0.328. The fourth-order valence-electron chi connectivity index (χ4n) is 2.91. The molecule has 1 N–H and O–H groups in total. The van der Waals surface area contributed by atoms with E-state index in [1.807, 2.05) is 4.90 Å². The van der Waals surface area contributed by atoms with E-state index in [-0.39, 0.29) is 37.2 Å². The number of ether oxygens (including phenoxy) is 1. The van der Waals surface area contributed by atoms with Gasteiger partial charge in [-0.1, -0.05) is 5.16 Å². The summed E-state index contributed by atoms with van der Waals surface area (Å²) in [6.45, 7) is 4.60. The van der Waals surface area contributed by atoms with Gasteiger partial charge in [0.1, 0.15) is 17.3 Å². The van der Waals surface area contributed by atoms with Crippen molar-refractivity contribution >= 4 is 17.6 Å². The van der Waals surface area contributed by atoms with Gasteiger partial charge in [0, 0.05) is 32.2 Å².